The number of rotatable bonds is 4. The molecule has 1 unspecified atom stereocenters. The van der Waals surface area contributed by atoms with Gasteiger partial charge in [-0.1, -0.05) is 30.7 Å². The van der Waals surface area contributed by atoms with E-state index in [4.69, 9.17) is 11.6 Å². The Bertz CT molecular complexity index is 538. The van der Waals surface area contributed by atoms with Crippen LogP contribution in [0.2, 0.25) is 5.02 Å². The highest BCUT2D eigenvalue weighted by Gasteiger charge is 2.18. The Balaban J connectivity index is 2.44. The highest BCUT2D eigenvalue weighted by atomic mass is 79.9. The van der Waals surface area contributed by atoms with Crippen LogP contribution < -0.4 is 5.32 Å². The average Bonchev–Trinajstić information content (AvgIpc) is 2.77. The van der Waals surface area contributed by atoms with Crippen molar-refractivity contribution >= 4 is 38.9 Å². The molecule has 0 fully saturated rings. The Labute approximate surface area is 125 Å². The summed E-state index contributed by atoms with van der Waals surface area (Å²) < 4.78 is 0.942. The van der Waals surface area contributed by atoms with Gasteiger partial charge in [0.15, 0.2) is 0 Å². The molecule has 1 aromatic heterocycles. The number of hydrogen-bond acceptors (Lipinski definition) is 2. The van der Waals surface area contributed by atoms with E-state index in [2.05, 4.69) is 53.3 Å². The lowest BCUT2D eigenvalue weighted by Gasteiger charge is -2.19. The number of benzene rings is 1. The van der Waals surface area contributed by atoms with Crippen molar-refractivity contribution < 1.29 is 0 Å². The monoisotopic (exact) mass is 343 g/mol. The van der Waals surface area contributed by atoms with Gasteiger partial charge < -0.3 is 5.32 Å². The molecule has 1 nitrogen and oxygen atoms in total. The van der Waals surface area contributed by atoms with Crippen molar-refractivity contribution in [3.05, 3.63) is 55.1 Å². The number of thiophene rings is 1. The minimum atomic E-state index is 0.165. The third-order valence-corrected chi connectivity index (χ3v) is 5.12. The lowest BCUT2D eigenvalue weighted by Crippen LogP contribution is -2.21. The average molecular weight is 345 g/mol. The molecular weight excluding hydrogens is 330 g/mol. The van der Waals surface area contributed by atoms with E-state index >= 15 is 0 Å². The molecule has 2 rings (SSSR count). The van der Waals surface area contributed by atoms with Crippen LogP contribution in [0.1, 0.15) is 28.3 Å². The Morgan fingerprint density at radius 1 is 1.33 bits per heavy atom. The van der Waals surface area contributed by atoms with Crippen LogP contribution in [0.4, 0.5) is 0 Å². The molecule has 96 valence electrons. The maximum Gasteiger partial charge on any atom is 0.0686 e. The van der Waals surface area contributed by atoms with Crippen LogP contribution >= 0.6 is 38.9 Å². The van der Waals surface area contributed by atoms with E-state index < -0.39 is 0 Å². The Morgan fingerprint density at radius 2 is 2.11 bits per heavy atom. The fourth-order valence-corrected chi connectivity index (χ4v) is 3.51. The molecule has 0 radical (unpaired) electrons. The van der Waals surface area contributed by atoms with E-state index in [-0.39, 0.29) is 6.04 Å². The van der Waals surface area contributed by atoms with Crippen molar-refractivity contribution in [2.75, 3.05) is 6.54 Å². The molecule has 18 heavy (non-hydrogen) atoms. The van der Waals surface area contributed by atoms with E-state index in [1.165, 1.54) is 9.75 Å². The van der Waals surface area contributed by atoms with Crippen molar-refractivity contribution in [2.24, 2.45) is 0 Å². The molecule has 0 amide bonds. The minimum absolute atomic E-state index is 0.165. The van der Waals surface area contributed by atoms with Gasteiger partial charge in [0.25, 0.3) is 0 Å². The van der Waals surface area contributed by atoms with Gasteiger partial charge in [0.1, 0.15) is 0 Å². The summed E-state index contributed by atoms with van der Waals surface area (Å²) in [6.45, 7) is 5.14. The molecular formula is C14H15BrClNS. The number of aryl methyl sites for hydroxylation is 1. The smallest absolute Gasteiger partial charge is 0.0686 e. The molecule has 2 aromatic rings. The first-order chi connectivity index (χ1) is 8.63. The number of hydrogen-bond donors (Lipinski definition) is 1. The second-order valence-electron chi connectivity index (χ2n) is 4.08. The standard InChI is InChI=1S/C14H15BrClNS/c1-3-17-14(12-8-7-9(2)18-12)10-5-4-6-11(15)13(10)16/h4-8,14,17H,3H2,1-2H3. The summed E-state index contributed by atoms with van der Waals surface area (Å²) in [7, 11) is 0. The summed E-state index contributed by atoms with van der Waals surface area (Å²) in [6.07, 6.45) is 0. The third-order valence-electron chi connectivity index (χ3n) is 2.75. The normalized spacial score (nSPS) is 12.7. The predicted octanol–water partition coefficient (Wildman–Crippen LogP) is 5.17. The van der Waals surface area contributed by atoms with Gasteiger partial charge >= 0.3 is 0 Å². The SMILES string of the molecule is CCNC(c1ccc(C)s1)c1cccc(Br)c1Cl. The first-order valence-corrected chi connectivity index (χ1v) is 7.86. The van der Waals surface area contributed by atoms with Crippen LogP contribution in [-0.4, -0.2) is 6.54 Å². The van der Waals surface area contributed by atoms with Gasteiger partial charge in [0.05, 0.1) is 11.1 Å². The molecule has 1 heterocycles. The van der Waals surface area contributed by atoms with Gasteiger partial charge in [0, 0.05) is 14.2 Å². The topological polar surface area (TPSA) is 12.0 Å². The molecule has 0 bridgehead atoms. The van der Waals surface area contributed by atoms with Crippen molar-refractivity contribution in [3.63, 3.8) is 0 Å². The molecule has 1 N–H and O–H groups in total. The molecule has 0 spiro atoms. The van der Waals surface area contributed by atoms with Gasteiger partial charge in [-0.2, -0.15) is 0 Å². The lowest BCUT2D eigenvalue weighted by atomic mass is 10.1. The number of nitrogens with one attached hydrogen (secondary N) is 1. The quantitative estimate of drug-likeness (QED) is 0.806. The predicted molar refractivity (Wildman–Crippen MR) is 83.7 cm³/mol. The maximum absolute atomic E-state index is 6.40. The van der Waals surface area contributed by atoms with Crippen LogP contribution in [0.25, 0.3) is 0 Å². The summed E-state index contributed by atoms with van der Waals surface area (Å²) in [5, 5.41) is 4.29. The third kappa shape index (κ3) is 2.97. The molecule has 1 atom stereocenters. The largest absolute Gasteiger partial charge is 0.306 e. The zero-order valence-corrected chi connectivity index (χ0v) is 13.5. The zero-order valence-electron chi connectivity index (χ0n) is 10.3. The zero-order chi connectivity index (χ0) is 13.1. The summed E-state index contributed by atoms with van der Waals surface area (Å²) in [4.78, 5) is 2.62. The van der Waals surface area contributed by atoms with E-state index in [1.54, 1.807) is 0 Å². The van der Waals surface area contributed by atoms with E-state index in [9.17, 15) is 0 Å². The van der Waals surface area contributed by atoms with Gasteiger partial charge in [-0.05, 0) is 53.2 Å². The second kappa shape index (κ2) is 6.20. The molecule has 0 aliphatic rings. The van der Waals surface area contributed by atoms with Gasteiger partial charge in [-0.25, -0.2) is 0 Å². The van der Waals surface area contributed by atoms with Crippen molar-refractivity contribution in [3.8, 4) is 0 Å². The van der Waals surface area contributed by atoms with Crippen LogP contribution in [-0.2, 0) is 0 Å². The molecule has 0 saturated heterocycles. The maximum atomic E-state index is 6.40. The van der Waals surface area contributed by atoms with Crippen LogP contribution in [0.15, 0.2) is 34.8 Å². The second-order valence-corrected chi connectivity index (χ2v) is 6.63. The van der Waals surface area contributed by atoms with E-state index in [1.807, 2.05) is 23.5 Å². The van der Waals surface area contributed by atoms with Crippen molar-refractivity contribution in [1.82, 2.24) is 5.32 Å². The van der Waals surface area contributed by atoms with Crippen LogP contribution in [0, 0.1) is 6.92 Å². The highest BCUT2D eigenvalue weighted by Crippen LogP contribution is 2.35. The lowest BCUT2D eigenvalue weighted by molar-refractivity contribution is 0.639. The van der Waals surface area contributed by atoms with E-state index in [0.717, 1.165) is 21.6 Å². The van der Waals surface area contributed by atoms with Gasteiger partial charge in [0.2, 0.25) is 0 Å². The fourth-order valence-electron chi connectivity index (χ4n) is 1.92. The Morgan fingerprint density at radius 3 is 2.72 bits per heavy atom. The summed E-state index contributed by atoms with van der Waals surface area (Å²) >= 11 is 11.7. The summed E-state index contributed by atoms with van der Waals surface area (Å²) in [6, 6.07) is 10.6. The van der Waals surface area contributed by atoms with Crippen LogP contribution in [0.3, 0.4) is 0 Å². The summed E-state index contributed by atoms with van der Waals surface area (Å²) in [5.74, 6) is 0. The van der Waals surface area contributed by atoms with Crippen molar-refractivity contribution in [1.29, 1.82) is 0 Å². The van der Waals surface area contributed by atoms with E-state index in [0.29, 0.717) is 0 Å². The summed E-state index contributed by atoms with van der Waals surface area (Å²) in [5.41, 5.74) is 1.12. The number of halogens is 2. The first-order valence-electron chi connectivity index (χ1n) is 5.87. The molecule has 0 aliphatic carbocycles. The van der Waals surface area contributed by atoms with Gasteiger partial charge in [-0.15, -0.1) is 11.3 Å². The molecule has 1 aromatic carbocycles. The highest BCUT2D eigenvalue weighted by molar-refractivity contribution is 9.10. The molecule has 0 aliphatic heterocycles. The van der Waals surface area contributed by atoms with Crippen LogP contribution in [0.5, 0.6) is 0 Å². The Hall–Kier alpha value is -0.350. The Kier molecular flexibility index (Phi) is 4.84. The van der Waals surface area contributed by atoms with Gasteiger partial charge in [-0.3, -0.25) is 0 Å². The van der Waals surface area contributed by atoms with Crippen molar-refractivity contribution in [2.45, 2.75) is 19.9 Å². The fraction of sp³-hybridized carbons (Fsp3) is 0.286. The molecule has 4 heteroatoms. The minimum Gasteiger partial charge on any atom is -0.306 e. The first kappa shape index (κ1) is 14.1. The molecule has 0 saturated carbocycles.